The molecule has 0 heterocycles. The Morgan fingerprint density at radius 2 is 1.11 bits per heavy atom. The molecule has 0 N–H and O–H groups in total. The molecule has 0 aromatic heterocycles. The van der Waals surface area contributed by atoms with Gasteiger partial charge < -0.3 is 4.74 Å². The number of halogens is 2. The quantitative estimate of drug-likeness (QED) is 0.186. The summed E-state index contributed by atoms with van der Waals surface area (Å²) in [5.74, 6) is 1.48. The monoisotopic (exact) mass is 518 g/mol. The predicted octanol–water partition coefficient (Wildman–Crippen LogP) is 11.5. The lowest BCUT2D eigenvalue weighted by Gasteiger charge is -2.32. The van der Waals surface area contributed by atoms with Gasteiger partial charge in [-0.2, -0.15) is 4.39 Å². The van der Waals surface area contributed by atoms with Crippen LogP contribution in [0.2, 0.25) is 0 Å². The van der Waals surface area contributed by atoms with E-state index in [9.17, 15) is 8.78 Å². The molecule has 3 heteroatoms. The molecule has 0 aliphatic heterocycles. The van der Waals surface area contributed by atoms with Crippen molar-refractivity contribution in [2.24, 2.45) is 17.8 Å². The first-order valence-electron chi connectivity index (χ1n) is 16.2. The molecule has 0 spiro atoms. The Bertz CT molecular complexity index is 732. The summed E-state index contributed by atoms with van der Waals surface area (Å²) in [5.41, 5.74) is 0.570. The van der Waals surface area contributed by atoms with E-state index in [0.29, 0.717) is 12.2 Å². The van der Waals surface area contributed by atoms with Crippen LogP contribution in [0, 0.1) is 29.4 Å². The fourth-order valence-corrected chi connectivity index (χ4v) is 6.94. The number of rotatable bonds is 17. The molecule has 212 valence electrons. The van der Waals surface area contributed by atoms with Crippen molar-refractivity contribution < 1.29 is 13.5 Å². The van der Waals surface area contributed by atoms with E-state index in [1.54, 1.807) is 12.1 Å². The second-order valence-corrected chi connectivity index (χ2v) is 12.4. The molecule has 0 amide bonds. The van der Waals surface area contributed by atoms with Crippen molar-refractivity contribution in [3.05, 3.63) is 29.3 Å². The summed E-state index contributed by atoms with van der Waals surface area (Å²) in [4.78, 5) is 0. The van der Waals surface area contributed by atoms with Crippen LogP contribution in [0.5, 0.6) is 5.75 Å². The van der Waals surface area contributed by atoms with E-state index in [0.717, 1.165) is 56.3 Å². The molecule has 0 saturated heterocycles. The largest absolute Gasteiger partial charge is 0.490 e. The Labute approximate surface area is 227 Å². The number of benzene rings is 1. The van der Waals surface area contributed by atoms with E-state index in [1.165, 1.54) is 96.3 Å². The highest BCUT2D eigenvalue weighted by Gasteiger charge is 2.28. The van der Waals surface area contributed by atoms with Gasteiger partial charge in [0.2, 0.25) is 5.82 Å². The normalized spacial score (nSPS) is 24.3. The standard InChI is InChI=1S/C34H56F2O/c1-3-5-7-9-10-12-26-37-32-25-24-31(33(35)34(32)36)30-22-20-29(21-23-30)19-18-28-16-14-27(15-17-28)13-11-8-6-4-2/h24-25,27-30H,3-23,26H2,1-2H3/t27-,28-,29-,30-. The number of hydrogen-bond donors (Lipinski definition) is 0. The van der Waals surface area contributed by atoms with Crippen molar-refractivity contribution >= 4 is 0 Å². The van der Waals surface area contributed by atoms with E-state index in [-0.39, 0.29) is 11.7 Å². The minimum Gasteiger partial charge on any atom is -0.490 e. The van der Waals surface area contributed by atoms with Crippen LogP contribution in [0.1, 0.15) is 160 Å². The molecule has 2 fully saturated rings. The lowest BCUT2D eigenvalue weighted by atomic mass is 9.74. The third-order valence-electron chi connectivity index (χ3n) is 9.53. The Balaban J connectivity index is 1.32. The van der Waals surface area contributed by atoms with Crippen LogP contribution < -0.4 is 4.74 Å². The molecule has 0 radical (unpaired) electrons. The van der Waals surface area contributed by atoms with E-state index in [1.807, 2.05) is 0 Å². The van der Waals surface area contributed by atoms with Crippen molar-refractivity contribution in [2.75, 3.05) is 6.61 Å². The Kier molecular flexibility index (Phi) is 14.4. The second kappa shape index (κ2) is 17.5. The molecule has 2 aliphatic rings. The van der Waals surface area contributed by atoms with Gasteiger partial charge in [0, 0.05) is 0 Å². The van der Waals surface area contributed by atoms with Crippen molar-refractivity contribution in [3.63, 3.8) is 0 Å². The van der Waals surface area contributed by atoms with Gasteiger partial charge in [-0.25, -0.2) is 4.39 Å². The number of hydrogen-bond acceptors (Lipinski definition) is 1. The molecule has 2 saturated carbocycles. The van der Waals surface area contributed by atoms with Gasteiger partial charge in [0.1, 0.15) is 0 Å². The maximum absolute atomic E-state index is 14.9. The van der Waals surface area contributed by atoms with Crippen molar-refractivity contribution in [1.29, 1.82) is 0 Å². The minimum absolute atomic E-state index is 0.0826. The van der Waals surface area contributed by atoms with Gasteiger partial charge in [0.15, 0.2) is 11.6 Å². The summed E-state index contributed by atoms with van der Waals surface area (Å²) in [6.07, 6.45) is 26.8. The highest BCUT2D eigenvalue weighted by atomic mass is 19.2. The van der Waals surface area contributed by atoms with Gasteiger partial charge >= 0.3 is 0 Å². The summed E-state index contributed by atoms with van der Waals surface area (Å²) in [5, 5.41) is 0. The molecule has 1 aromatic rings. The second-order valence-electron chi connectivity index (χ2n) is 12.4. The van der Waals surface area contributed by atoms with Crippen LogP contribution in [-0.2, 0) is 0 Å². The average molecular weight is 519 g/mol. The zero-order valence-electron chi connectivity index (χ0n) is 24.2. The lowest BCUT2D eigenvalue weighted by Crippen LogP contribution is -2.18. The molecular weight excluding hydrogens is 462 g/mol. The molecule has 2 aliphatic carbocycles. The SMILES string of the molecule is CCCCCCCCOc1ccc([C@H]2CC[C@H](CC[C@H]3CC[C@H](CCCCCC)CC3)CC2)c(F)c1F. The predicted molar refractivity (Wildman–Crippen MR) is 153 cm³/mol. The topological polar surface area (TPSA) is 9.23 Å². The first-order chi connectivity index (χ1) is 18.1. The minimum atomic E-state index is -0.786. The van der Waals surface area contributed by atoms with Crippen molar-refractivity contribution in [1.82, 2.24) is 0 Å². The molecule has 1 nitrogen and oxygen atoms in total. The maximum Gasteiger partial charge on any atom is 0.200 e. The van der Waals surface area contributed by atoms with E-state index >= 15 is 0 Å². The van der Waals surface area contributed by atoms with Crippen LogP contribution >= 0.6 is 0 Å². The van der Waals surface area contributed by atoms with Crippen LogP contribution in [0.3, 0.4) is 0 Å². The molecule has 0 bridgehead atoms. The zero-order chi connectivity index (χ0) is 26.3. The van der Waals surface area contributed by atoms with Crippen LogP contribution in [-0.4, -0.2) is 6.61 Å². The molecule has 0 unspecified atom stereocenters. The van der Waals surface area contributed by atoms with Crippen molar-refractivity contribution in [3.8, 4) is 5.75 Å². The van der Waals surface area contributed by atoms with Crippen LogP contribution in [0.15, 0.2) is 12.1 Å². The number of ether oxygens (including phenoxy) is 1. The van der Waals surface area contributed by atoms with E-state index < -0.39 is 11.6 Å². The fraction of sp³-hybridized carbons (Fsp3) is 0.824. The summed E-state index contributed by atoms with van der Waals surface area (Å²) in [6.45, 7) is 4.96. The van der Waals surface area contributed by atoms with Gasteiger partial charge in [-0.1, -0.05) is 123 Å². The van der Waals surface area contributed by atoms with Gasteiger partial charge in [0.05, 0.1) is 6.61 Å². The fourth-order valence-electron chi connectivity index (χ4n) is 6.94. The van der Waals surface area contributed by atoms with E-state index in [4.69, 9.17) is 4.74 Å². The Morgan fingerprint density at radius 1 is 0.595 bits per heavy atom. The van der Waals surface area contributed by atoms with Gasteiger partial charge in [-0.3, -0.25) is 0 Å². The Hall–Kier alpha value is -1.12. The third kappa shape index (κ3) is 10.5. The van der Waals surface area contributed by atoms with Crippen LogP contribution in [0.4, 0.5) is 8.78 Å². The smallest absolute Gasteiger partial charge is 0.200 e. The molecular formula is C34H56F2O. The summed E-state index contributed by atoms with van der Waals surface area (Å²) in [6, 6.07) is 3.46. The van der Waals surface area contributed by atoms with Gasteiger partial charge in [-0.15, -0.1) is 0 Å². The summed E-state index contributed by atoms with van der Waals surface area (Å²) < 4.78 is 35.3. The summed E-state index contributed by atoms with van der Waals surface area (Å²) >= 11 is 0. The van der Waals surface area contributed by atoms with Crippen LogP contribution in [0.25, 0.3) is 0 Å². The summed E-state index contributed by atoms with van der Waals surface area (Å²) in [7, 11) is 0. The molecule has 1 aromatic carbocycles. The number of unbranched alkanes of at least 4 members (excludes halogenated alkanes) is 8. The highest BCUT2D eigenvalue weighted by molar-refractivity contribution is 5.33. The highest BCUT2D eigenvalue weighted by Crippen LogP contribution is 2.42. The van der Waals surface area contributed by atoms with E-state index in [2.05, 4.69) is 13.8 Å². The first kappa shape index (κ1) is 30.4. The third-order valence-corrected chi connectivity index (χ3v) is 9.53. The molecule has 3 rings (SSSR count). The van der Waals surface area contributed by atoms with Gasteiger partial charge in [0.25, 0.3) is 0 Å². The van der Waals surface area contributed by atoms with Crippen molar-refractivity contribution in [2.45, 2.75) is 155 Å². The Morgan fingerprint density at radius 3 is 1.73 bits per heavy atom. The maximum atomic E-state index is 14.9. The first-order valence-corrected chi connectivity index (χ1v) is 16.2. The molecule has 0 atom stereocenters. The average Bonchev–Trinajstić information content (AvgIpc) is 2.93. The molecule has 37 heavy (non-hydrogen) atoms. The zero-order valence-corrected chi connectivity index (χ0v) is 24.2. The lowest BCUT2D eigenvalue weighted by molar-refractivity contribution is 0.221. The van der Waals surface area contributed by atoms with Gasteiger partial charge in [-0.05, 0) is 67.4 Å².